The topological polar surface area (TPSA) is 0 Å². The molecule has 0 saturated carbocycles. The third kappa shape index (κ3) is 8.02. The van der Waals surface area contributed by atoms with Gasteiger partial charge in [0.1, 0.15) is 0 Å². The molecule has 0 aromatic heterocycles. The summed E-state index contributed by atoms with van der Waals surface area (Å²) in [7, 11) is 0. The van der Waals surface area contributed by atoms with Crippen molar-refractivity contribution >= 4 is 71.5 Å². The first-order valence-corrected chi connectivity index (χ1v) is 25.4. The van der Waals surface area contributed by atoms with Crippen LogP contribution in [0.3, 0.4) is 0 Å². The molecule has 0 aliphatic carbocycles. The van der Waals surface area contributed by atoms with Gasteiger partial charge in [0.15, 0.2) is 0 Å². The number of benzene rings is 10. The van der Waals surface area contributed by atoms with Crippen molar-refractivity contribution in [1.82, 2.24) is 0 Å². The molecule has 0 fully saturated rings. The van der Waals surface area contributed by atoms with Crippen molar-refractivity contribution in [2.75, 3.05) is 0 Å². The van der Waals surface area contributed by atoms with E-state index in [0.29, 0.717) is 0 Å². The molecule has 2 heteroatoms. The predicted molar refractivity (Wildman–Crippen MR) is 279 cm³/mol. The summed E-state index contributed by atoms with van der Waals surface area (Å²) < 4.78 is 0. The molecule has 0 spiro atoms. The first kappa shape index (κ1) is 44.2. The maximum absolute atomic E-state index is 3.06. The number of aryl methyl sites for hydroxylation is 2. The molecule has 64 heavy (non-hydrogen) atoms. The summed E-state index contributed by atoms with van der Waals surface area (Å²) in [5.41, 5.74) is 13.0. The zero-order valence-electron chi connectivity index (χ0n) is 36.8. The molecule has 0 unspecified atom stereocenters. The zero-order valence-corrected chi connectivity index (χ0v) is 40.2. The van der Waals surface area contributed by atoms with Crippen LogP contribution in [0.15, 0.2) is 218 Å². The Morgan fingerprint density at radius 1 is 0.281 bits per heavy atom. The van der Waals surface area contributed by atoms with E-state index in [4.69, 9.17) is 0 Å². The molecule has 0 heterocycles. The Balaban J connectivity index is 0.000000164. The minimum atomic E-state index is 0. The normalized spacial score (nSPS) is 10.8. The Kier molecular flexibility index (Phi) is 13.2. The third-order valence-corrected chi connectivity index (χ3v) is 12.4. The molecule has 308 valence electrons. The van der Waals surface area contributed by atoms with Gasteiger partial charge in [0.25, 0.3) is 0 Å². The average molecular weight is 912 g/mol. The van der Waals surface area contributed by atoms with Crippen LogP contribution in [0.5, 0.6) is 0 Å². The van der Waals surface area contributed by atoms with E-state index in [1.165, 1.54) is 144 Å². The van der Waals surface area contributed by atoms with Gasteiger partial charge in [-0.1, -0.05) is 241 Å². The molecule has 12 rings (SSSR count). The zero-order chi connectivity index (χ0) is 42.2. The molecule has 0 N–H and O–H groups in total. The van der Waals surface area contributed by atoms with E-state index in [2.05, 4.69) is 239 Å². The van der Waals surface area contributed by atoms with Gasteiger partial charge in [0.05, 0.1) is 0 Å². The molecular weight excluding hydrogens is 864 g/mol. The Hall–Kier alpha value is -6.44. The summed E-state index contributed by atoms with van der Waals surface area (Å²) >= 11 is 1.36. The van der Waals surface area contributed by atoms with Crippen molar-refractivity contribution in [2.45, 2.75) is 13.8 Å². The summed E-state index contributed by atoms with van der Waals surface area (Å²) in [5.74, 6) is 0. The van der Waals surface area contributed by atoms with Crippen molar-refractivity contribution in [3.05, 3.63) is 244 Å². The fourth-order valence-corrected chi connectivity index (χ4v) is 9.67. The molecule has 12 aromatic carbocycles. The van der Waals surface area contributed by atoms with Gasteiger partial charge in [0, 0.05) is 0 Å². The SMILES string of the molecule is Cc1cc2c(-c3cccc4ccccc34)ccc(-c3cccc4ccccc34)c2[cH-]1.Cc1cc2c(-c3cccc4ccccc34)ccc(-c3cccc4ccccc34)c2[cH-]1.[CH3-].[CH3-].[Si]=[Zr]. The van der Waals surface area contributed by atoms with Gasteiger partial charge < -0.3 is 14.9 Å². The second-order valence-electron chi connectivity index (χ2n) is 16.1. The van der Waals surface area contributed by atoms with Crippen LogP contribution >= 0.6 is 0 Å². The second kappa shape index (κ2) is 19.1. The van der Waals surface area contributed by atoms with Gasteiger partial charge in [0.2, 0.25) is 0 Å². The quantitative estimate of drug-likeness (QED) is 0.122. The van der Waals surface area contributed by atoms with E-state index < -0.39 is 0 Å². The summed E-state index contributed by atoms with van der Waals surface area (Å²) in [6.45, 7) is 7.45. The molecule has 0 atom stereocenters. The molecule has 0 amide bonds. The van der Waals surface area contributed by atoms with Crippen LogP contribution in [0.4, 0.5) is 0 Å². The van der Waals surface area contributed by atoms with Gasteiger partial charge in [-0.3, -0.25) is 0 Å². The monoisotopic (exact) mass is 910 g/mol. The van der Waals surface area contributed by atoms with Crippen molar-refractivity contribution in [3.63, 3.8) is 0 Å². The minimum absolute atomic E-state index is 0. The standard InChI is InChI=1S/2C30H21.2CH3.Si.Zr/c2*1-20-18-29-27(25-14-6-10-21-8-2-4-12-23(21)25)16-17-28(30(29)19-20)26-15-7-11-22-9-3-5-13-24(22)26;;;;/h2*2-19H,1H3;2*1H3;;/q4*-1;;. The van der Waals surface area contributed by atoms with Gasteiger partial charge >= 0.3 is 30.2 Å². The molecule has 0 aliphatic rings. The van der Waals surface area contributed by atoms with Crippen molar-refractivity contribution in [3.8, 4) is 44.5 Å². The average Bonchev–Trinajstić information content (AvgIpc) is 3.93. The summed E-state index contributed by atoms with van der Waals surface area (Å²) in [6, 6.07) is 79.6. The van der Waals surface area contributed by atoms with Crippen LogP contribution in [0.1, 0.15) is 11.1 Å². The Labute approximate surface area is 394 Å². The fraction of sp³-hybridized carbons (Fsp3) is 0.0323. The summed E-state index contributed by atoms with van der Waals surface area (Å²) in [5, 5.41) is 15.7. The predicted octanol–water partition coefficient (Wildman–Crippen LogP) is 17.5. The fourth-order valence-electron chi connectivity index (χ4n) is 9.67. The van der Waals surface area contributed by atoms with E-state index in [1.54, 1.807) is 0 Å². The van der Waals surface area contributed by atoms with E-state index in [1.807, 2.05) is 0 Å². The van der Waals surface area contributed by atoms with E-state index in [-0.39, 0.29) is 14.9 Å². The van der Waals surface area contributed by atoms with Crippen molar-refractivity contribution < 1.29 is 23.3 Å². The Bertz CT molecular complexity index is 3110. The molecule has 0 nitrogen and oxygen atoms in total. The van der Waals surface area contributed by atoms with Gasteiger partial charge in [-0.05, 0) is 54.2 Å². The van der Waals surface area contributed by atoms with Crippen molar-refractivity contribution in [1.29, 1.82) is 0 Å². The molecule has 0 saturated heterocycles. The van der Waals surface area contributed by atoms with E-state index >= 15 is 0 Å². The van der Waals surface area contributed by atoms with Crippen LogP contribution in [0.25, 0.3) is 109 Å². The van der Waals surface area contributed by atoms with Gasteiger partial charge in [-0.25, -0.2) is 0 Å². The molecule has 0 bridgehead atoms. The molecular formula is C62H48SiZr-4. The molecule has 0 aliphatic heterocycles. The van der Waals surface area contributed by atoms with Crippen LogP contribution < -0.4 is 0 Å². The Morgan fingerprint density at radius 3 is 0.828 bits per heavy atom. The van der Waals surface area contributed by atoms with E-state index in [9.17, 15) is 0 Å². The molecule has 2 radical (unpaired) electrons. The number of hydrogen-bond donors (Lipinski definition) is 0. The first-order chi connectivity index (χ1) is 30.6. The second-order valence-corrected chi connectivity index (χ2v) is 16.1. The maximum atomic E-state index is 3.06. The van der Waals surface area contributed by atoms with Crippen LogP contribution in [-0.4, -0.2) is 6.88 Å². The number of fused-ring (bicyclic) bond motifs is 6. The van der Waals surface area contributed by atoms with Crippen molar-refractivity contribution in [2.24, 2.45) is 0 Å². The van der Waals surface area contributed by atoms with Crippen LogP contribution in [0, 0.1) is 28.7 Å². The van der Waals surface area contributed by atoms with Gasteiger partial charge in [-0.15, -0.1) is 44.8 Å². The third-order valence-electron chi connectivity index (χ3n) is 12.4. The molecule has 12 aromatic rings. The van der Waals surface area contributed by atoms with Crippen LogP contribution in [-0.2, 0) is 23.3 Å². The van der Waals surface area contributed by atoms with Crippen LogP contribution in [0.2, 0.25) is 0 Å². The van der Waals surface area contributed by atoms with Gasteiger partial charge in [-0.2, -0.15) is 12.1 Å². The number of hydrogen-bond acceptors (Lipinski definition) is 0. The summed E-state index contributed by atoms with van der Waals surface area (Å²) in [6.07, 6.45) is 0. The number of rotatable bonds is 4. The summed E-state index contributed by atoms with van der Waals surface area (Å²) in [4.78, 5) is 0. The Morgan fingerprint density at radius 2 is 0.516 bits per heavy atom. The first-order valence-electron chi connectivity index (χ1n) is 21.2. The van der Waals surface area contributed by atoms with E-state index in [0.717, 1.165) is 0 Å².